The lowest BCUT2D eigenvalue weighted by Crippen LogP contribution is -2.15. The lowest BCUT2D eigenvalue weighted by molar-refractivity contribution is -0.0496. The van der Waals surface area contributed by atoms with Crippen LogP contribution in [0.3, 0.4) is 0 Å². The fraction of sp³-hybridized carbons (Fsp3) is 0.154. The molecule has 0 saturated carbocycles. The highest BCUT2D eigenvalue weighted by Gasteiger charge is 2.28. The summed E-state index contributed by atoms with van der Waals surface area (Å²) in [5.41, 5.74) is 1.57. The molecule has 4 nitrogen and oxygen atoms in total. The first-order valence-electron chi connectivity index (χ1n) is 5.26. The molecule has 1 atom stereocenters. The number of nitrogens with one attached hydrogen (secondary N) is 1. The molecule has 1 N–H and O–H groups in total. The van der Waals surface area contributed by atoms with Gasteiger partial charge in [-0.1, -0.05) is 36.4 Å². The predicted molar refractivity (Wildman–Crippen MR) is 64.0 cm³/mol. The van der Waals surface area contributed by atoms with E-state index in [1.54, 1.807) is 6.08 Å². The summed E-state index contributed by atoms with van der Waals surface area (Å²) in [6.07, 6.45) is 2.24. The largest absolute Gasteiger partial charge is 0.414 e. The van der Waals surface area contributed by atoms with E-state index in [4.69, 9.17) is 9.47 Å². The van der Waals surface area contributed by atoms with E-state index in [1.807, 2.05) is 36.4 Å². The van der Waals surface area contributed by atoms with Crippen LogP contribution in [0.4, 0.5) is 4.79 Å². The molecule has 1 aliphatic heterocycles. The standard InChI is InChI=1S/C13H13NO3/c1-2-8-16-12-11(14-13(15)17-12)9-10-6-4-3-5-7-10/h2-7,9,12H,1,8H2,(H,14,15). The first-order chi connectivity index (χ1) is 8.29. The minimum atomic E-state index is -0.680. The van der Waals surface area contributed by atoms with Crippen LogP contribution < -0.4 is 5.32 Å². The Hall–Kier alpha value is -2.07. The number of alkyl carbamates (subject to hydrolysis) is 1. The Morgan fingerprint density at radius 1 is 1.41 bits per heavy atom. The molecule has 1 aromatic carbocycles. The molecule has 4 heteroatoms. The number of carbonyl (C=O) groups excluding carboxylic acids is 1. The number of rotatable bonds is 4. The average molecular weight is 231 g/mol. The van der Waals surface area contributed by atoms with Crippen molar-refractivity contribution in [3.05, 3.63) is 54.2 Å². The van der Waals surface area contributed by atoms with Gasteiger partial charge < -0.3 is 9.47 Å². The molecule has 0 spiro atoms. The van der Waals surface area contributed by atoms with Crippen molar-refractivity contribution in [1.82, 2.24) is 5.32 Å². The van der Waals surface area contributed by atoms with E-state index in [1.165, 1.54) is 0 Å². The maximum absolute atomic E-state index is 11.1. The monoisotopic (exact) mass is 231 g/mol. The van der Waals surface area contributed by atoms with Gasteiger partial charge in [-0.2, -0.15) is 0 Å². The molecule has 0 aliphatic carbocycles. The number of amides is 1. The first-order valence-corrected chi connectivity index (χ1v) is 5.26. The number of carbonyl (C=O) groups is 1. The molecule has 1 aliphatic rings. The highest BCUT2D eigenvalue weighted by molar-refractivity contribution is 5.75. The van der Waals surface area contributed by atoms with E-state index in [9.17, 15) is 4.79 Å². The van der Waals surface area contributed by atoms with E-state index >= 15 is 0 Å². The van der Waals surface area contributed by atoms with Crippen molar-refractivity contribution in [1.29, 1.82) is 0 Å². The zero-order valence-corrected chi connectivity index (χ0v) is 9.26. The third-order valence-electron chi connectivity index (χ3n) is 2.20. The molecule has 1 heterocycles. The Balaban J connectivity index is 2.15. The number of hydrogen-bond donors (Lipinski definition) is 1. The molecule has 1 aromatic rings. The van der Waals surface area contributed by atoms with E-state index in [0.717, 1.165) is 5.56 Å². The van der Waals surface area contributed by atoms with Gasteiger partial charge in [-0.3, -0.25) is 5.32 Å². The van der Waals surface area contributed by atoms with Gasteiger partial charge >= 0.3 is 6.09 Å². The second-order valence-electron chi connectivity index (χ2n) is 3.49. The highest BCUT2D eigenvalue weighted by Crippen LogP contribution is 2.17. The molecule has 2 rings (SSSR count). The predicted octanol–water partition coefficient (Wildman–Crippen LogP) is 2.30. The summed E-state index contributed by atoms with van der Waals surface area (Å²) in [5, 5.41) is 2.60. The number of hydrogen-bond acceptors (Lipinski definition) is 3. The van der Waals surface area contributed by atoms with E-state index < -0.39 is 12.4 Å². The Kier molecular flexibility index (Phi) is 3.57. The quantitative estimate of drug-likeness (QED) is 0.809. The molecule has 1 amide bonds. The summed E-state index contributed by atoms with van der Waals surface area (Å²) >= 11 is 0. The first kappa shape index (κ1) is 11.4. The van der Waals surface area contributed by atoms with Crippen LogP contribution in [0.1, 0.15) is 5.56 Å². The Morgan fingerprint density at radius 2 is 2.18 bits per heavy atom. The van der Waals surface area contributed by atoms with Gasteiger partial charge in [0.1, 0.15) is 0 Å². The van der Waals surface area contributed by atoms with Gasteiger partial charge in [-0.05, 0) is 11.6 Å². The van der Waals surface area contributed by atoms with Gasteiger partial charge in [-0.15, -0.1) is 6.58 Å². The van der Waals surface area contributed by atoms with Crippen molar-refractivity contribution in [2.45, 2.75) is 6.29 Å². The SMILES string of the molecule is C=CCOC1OC(=O)NC1=Cc1ccccc1. The molecule has 0 radical (unpaired) electrons. The fourth-order valence-electron chi connectivity index (χ4n) is 1.48. The number of cyclic esters (lactones) is 1. The second-order valence-corrected chi connectivity index (χ2v) is 3.49. The van der Waals surface area contributed by atoms with Crippen LogP contribution in [-0.4, -0.2) is 19.0 Å². The molecule has 1 fully saturated rings. The van der Waals surface area contributed by atoms with Crippen LogP contribution in [0.25, 0.3) is 6.08 Å². The maximum Gasteiger partial charge on any atom is 0.414 e. The van der Waals surface area contributed by atoms with Gasteiger partial charge in [0.2, 0.25) is 6.29 Å². The number of benzene rings is 1. The van der Waals surface area contributed by atoms with E-state index in [2.05, 4.69) is 11.9 Å². The zero-order chi connectivity index (χ0) is 12.1. The van der Waals surface area contributed by atoms with Crippen LogP contribution in [0.15, 0.2) is 48.7 Å². The smallest absolute Gasteiger partial charge is 0.413 e. The Bertz CT molecular complexity index is 439. The lowest BCUT2D eigenvalue weighted by atomic mass is 10.2. The summed E-state index contributed by atoms with van der Waals surface area (Å²) in [6.45, 7) is 3.87. The van der Waals surface area contributed by atoms with E-state index in [0.29, 0.717) is 12.3 Å². The van der Waals surface area contributed by atoms with Crippen molar-refractivity contribution >= 4 is 12.2 Å². The molecule has 17 heavy (non-hydrogen) atoms. The summed E-state index contributed by atoms with van der Waals surface area (Å²) in [5.74, 6) is 0. The van der Waals surface area contributed by atoms with Crippen molar-refractivity contribution < 1.29 is 14.3 Å². The minimum Gasteiger partial charge on any atom is -0.413 e. The molecule has 1 unspecified atom stereocenters. The maximum atomic E-state index is 11.1. The topological polar surface area (TPSA) is 47.6 Å². The van der Waals surface area contributed by atoms with Gasteiger partial charge in [0.15, 0.2) is 0 Å². The van der Waals surface area contributed by atoms with Crippen LogP contribution in [0.5, 0.6) is 0 Å². The molecule has 88 valence electrons. The van der Waals surface area contributed by atoms with Gasteiger partial charge in [0.25, 0.3) is 0 Å². The summed E-state index contributed by atoms with van der Waals surface area (Å²) < 4.78 is 10.3. The Labute approximate surface area is 99.5 Å². The summed E-state index contributed by atoms with van der Waals surface area (Å²) in [4.78, 5) is 11.1. The van der Waals surface area contributed by atoms with Crippen molar-refractivity contribution in [2.75, 3.05) is 6.61 Å². The normalized spacial score (nSPS) is 21.1. The van der Waals surface area contributed by atoms with Crippen molar-refractivity contribution in [3.8, 4) is 0 Å². The van der Waals surface area contributed by atoms with Gasteiger partial charge in [0, 0.05) is 0 Å². The lowest BCUT2D eigenvalue weighted by Gasteiger charge is -2.09. The Morgan fingerprint density at radius 3 is 2.88 bits per heavy atom. The third-order valence-corrected chi connectivity index (χ3v) is 2.20. The highest BCUT2D eigenvalue weighted by atomic mass is 16.7. The number of ether oxygens (including phenoxy) is 2. The van der Waals surface area contributed by atoms with E-state index in [-0.39, 0.29) is 0 Å². The molecule has 0 bridgehead atoms. The zero-order valence-electron chi connectivity index (χ0n) is 9.26. The van der Waals surface area contributed by atoms with Crippen LogP contribution in [0.2, 0.25) is 0 Å². The van der Waals surface area contributed by atoms with Crippen molar-refractivity contribution in [2.24, 2.45) is 0 Å². The van der Waals surface area contributed by atoms with Gasteiger partial charge in [-0.25, -0.2) is 4.79 Å². The second kappa shape index (κ2) is 5.32. The van der Waals surface area contributed by atoms with Gasteiger partial charge in [0.05, 0.1) is 12.3 Å². The van der Waals surface area contributed by atoms with Crippen molar-refractivity contribution in [3.63, 3.8) is 0 Å². The third kappa shape index (κ3) is 2.95. The van der Waals surface area contributed by atoms with Crippen LogP contribution in [-0.2, 0) is 9.47 Å². The fourth-order valence-corrected chi connectivity index (χ4v) is 1.48. The average Bonchev–Trinajstić information content (AvgIpc) is 2.68. The minimum absolute atomic E-state index is 0.325. The molecule has 1 saturated heterocycles. The van der Waals surface area contributed by atoms with Crippen LogP contribution in [0, 0.1) is 0 Å². The summed E-state index contributed by atoms with van der Waals surface area (Å²) in [6, 6.07) is 9.63. The molecular weight excluding hydrogens is 218 g/mol. The van der Waals surface area contributed by atoms with Crippen LogP contribution >= 0.6 is 0 Å². The molecular formula is C13H13NO3. The summed E-state index contributed by atoms with van der Waals surface area (Å²) in [7, 11) is 0. The molecule has 0 aromatic heterocycles.